The molecule has 18 nitrogen and oxygen atoms in total. The van der Waals surface area contributed by atoms with Crippen LogP contribution in [0.3, 0.4) is 0 Å². The molecule has 2 aliphatic heterocycles. The van der Waals surface area contributed by atoms with Gasteiger partial charge in [0.25, 0.3) is 11.7 Å². The smallest absolute Gasteiger partial charge is 0.314 e. The number of ether oxygens (including phenoxy) is 3. The van der Waals surface area contributed by atoms with Crippen molar-refractivity contribution in [3.8, 4) is 0 Å². The predicted molar refractivity (Wildman–Crippen MR) is 214 cm³/mol. The highest BCUT2D eigenvalue weighted by atomic mass is 16.7. The van der Waals surface area contributed by atoms with Crippen LogP contribution in [0.4, 0.5) is 0 Å². The molecule has 0 spiro atoms. The number of fused-ring (bicyclic) bond motifs is 6. The van der Waals surface area contributed by atoms with Gasteiger partial charge in [0.15, 0.2) is 0 Å². The first-order valence-corrected chi connectivity index (χ1v) is 20.9. The maximum atomic E-state index is 14.3. The van der Waals surface area contributed by atoms with E-state index in [-0.39, 0.29) is 62.7 Å². The number of carbonyl (C=O) groups excluding carboxylic acids is 7. The maximum Gasteiger partial charge on any atom is 0.314 e. The molecular formula is C41H68N6O12. The molecule has 2 fully saturated rings. The van der Waals surface area contributed by atoms with E-state index in [1.54, 1.807) is 33.8 Å². The summed E-state index contributed by atoms with van der Waals surface area (Å²) in [6, 6.07) is -4.80. The van der Waals surface area contributed by atoms with E-state index in [0.717, 1.165) is 0 Å². The van der Waals surface area contributed by atoms with Crippen molar-refractivity contribution in [2.75, 3.05) is 6.61 Å². The van der Waals surface area contributed by atoms with E-state index in [0.29, 0.717) is 12.8 Å². The summed E-state index contributed by atoms with van der Waals surface area (Å²) < 4.78 is 18.3. The van der Waals surface area contributed by atoms with Gasteiger partial charge in [0, 0.05) is 19.4 Å². The first-order valence-electron chi connectivity index (χ1n) is 20.9. The van der Waals surface area contributed by atoms with Crippen LogP contribution in [0.2, 0.25) is 0 Å². The van der Waals surface area contributed by atoms with E-state index in [1.165, 1.54) is 6.92 Å². The lowest BCUT2D eigenvalue weighted by atomic mass is 9.83. The lowest BCUT2D eigenvalue weighted by molar-refractivity contribution is -0.242. The SMILES string of the molecule is CC(C)CC1NC(=O)COC2CC(C)/C=C/CC(O)C(C)NC(=O)C(CCC(N)=O)NC(=O)C(C)(OC(=O)C3CC(CCC3O)NC(=O)C(C(C)C)NC1=O)OC(C)C2. The van der Waals surface area contributed by atoms with Gasteiger partial charge >= 0.3 is 5.97 Å². The molecule has 4 bridgehead atoms. The number of nitrogens with one attached hydrogen (secondary N) is 5. The van der Waals surface area contributed by atoms with Crippen molar-refractivity contribution in [3.05, 3.63) is 12.2 Å². The molecule has 1 saturated heterocycles. The number of primary amides is 1. The summed E-state index contributed by atoms with van der Waals surface area (Å²) in [4.78, 5) is 94.5. The number of hydrogen-bond acceptors (Lipinski definition) is 12. The second-order valence-electron chi connectivity index (χ2n) is 17.4. The quantitative estimate of drug-likeness (QED) is 0.133. The number of allylic oxidation sites excluding steroid dienone is 1. The molecule has 0 radical (unpaired) electrons. The molecule has 1 saturated carbocycles. The van der Waals surface area contributed by atoms with Crippen LogP contribution in [0, 0.1) is 23.7 Å². The van der Waals surface area contributed by atoms with Gasteiger partial charge in [-0.3, -0.25) is 33.6 Å². The Balaban J connectivity index is 2.13. The molecule has 0 aromatic heterocycles. The van der Waals surface area contributed by atoms with Crippen LogP contribution >= 0.6 is 0 Å². The van der Waals surface area contributed by atoms with E-state index in [2.05, 4.69) is 26.6 Å². The van der Waals surface area contributed by atoms with Crippen molar-refractivity contribution in [2.24, 2.45) is 29.4 Å². The number of aliphatic hydroxyl groups is 2. The number of aliphatic hydroxyl groups excluding tert-OH is 2. The molecule has 3 rings (SSSR count). The van der Waals surface area contributed by atoms with Crippen LogP contribution < -0.4 is 32.3 Å². The third-order valence-corrected chi connectivity index (χ3v) is 11.0. The van der Waals surface area contributed by atoms with Gasteiger partial charge in [-0.1, -0.05) is 46.8 Å². The predicted octanol–water partition coefficient (Wildman–Crippen LogP) is 0.359. The van der Waals surface area contributed by atoms with Gasteiger partial charge in [-0.05, 0) is 83.0 Å². The molecule has 9 N–H and O–H groups in total. The van der Waals surface area contributed by atoms with Gasteiger partial charge in [0.2, 0.25) is 29.5 Å². The summed E-state index contributed by atoms with van der Waals surface area (Å²) in [5, 5.41) is 35.6. The molecular weight excluding hydrogens is 768 g/mol. The Kier molecular flexibility index (Phi) is 18.7. The second kappa shape index (κ2) is 22.5. The van der Waals surface area contributed by atoms with Gasteiger partial charge in [-0.15, -0.1) is 0 Å². The summed E-state index contributed by atoms with van der Waals surface area (Å²) in [6.45, 7) is 13.2. The monoisotopic (exact) mass is 836 g/mol. The summed E-state index contributed by atoms with van der Waals surface area (Å²) in [6.07, 6.45) is 0.440. The number of amides is 6. The number of esters is 1. The fourth-order valence-corrected chi connectivity index (χ4v) is 7.59. The summed E-state index contributed by atoms with van der Waals surface area (Å²) >= 11 is 0. The second-order valence-corrected chi connectivity index (χ2v) is 17.4. The van der Waals surface area contributed by atoms with Crippen molar-refractivity contribution in [1.82, 2.24) is 26.6 Å². The Morgan fingerprint density at radius 1 is 0.864 bits per heavy atom. The van der Waals surface area contributed by atoms with Crippen LogP contribution in [0.15, 0.2) is 12.2 Å². The average Bonchev–Trinajstić information content (AvgIpc) is 3.13. The number of carbonyl (C=O) groups is 7. The highest BCUT2D eigenvalue weighted by molar-refractivity contribution is 5.93. The van der Waals surface area contributed by atoms with E-state index in [1.807, 2.05) is 26.8 Å². The summed E-state index contributed by atoms with van der Waals surface area (Å²) in [7, 11) is 0. The molecule has 6 amide bonds. The zero-order chi connectivity index (χ0) is 44.2. The summed E-state index contributed by atoms with van der Waals surface area (Å²) in [5.41, 5.74) is 5.39. The molecule has 1 aliphatic carbocycles. The van der Waals surface area contributed by atoms with Gasteiger partial charge in [0.1, 0.15) is 24.7 Å². The van der Waals surface area contributed by atoms with E-state index >= 15 is 0 Å². The first kappa shape index (κ1) is 49.2. The lowest BCUT2D eigenvalue weighted by Crippen LogP contribution is -2.59. The molecule has 59 heavy (non-hydrogen) atoms. The lowest BCUT2D eigenvalue weighted by Gasteiger charge is -2.37. The zero-order valence-electron chi connectivity index (χ0n) is 35.8. The third kappa shape index (κ3) is 15.4. The Morgan fingerprint density at radius 3 is 2.19 bits per heavy atom. The molecule has 18 heteroatoms. The van der Waals surface area contributed by atoms with Crippen LogP contribution in [0.5, 0.6) is 0 Å². The summed E-state index contributed by atoms with van der Waals surface area (Å²) in [5.74, 6) is -9.37. The van der Waals surface area contributed by atoms with Crippen LogP contribution in [-0.2, 0) is 47.8 Å². The molecule has 12 unspecified atom stereocenters. The number of hydrogen-bond donors (Lipinski definition) is 8. The van der Waals surface area contributed by atoms with Crippen molar-refractivity contribution < 1.29 is 58.0 Å². The average molecular weight is 837 g/mol. The van der Waals surface area contributed by atoms with E-state index < -0.39 is 114 Å². The van der Waals surface area contributed by atoms with Gasteiger partial charge < -0.3 is 56.7 Å². The Bertz CT molecular complexity index is 1520. The minimum atomic E-state index is -2.43. The van der Waals surface area contributed by atoms with Crippen LogP contribution in [0.1, 0.15) is 113 Å². The molecule has 2 heterocycles. The number of nitrogens with two attached hydrogens (primary N) is 1. The minimum absolute atomic E-state index is 0.00226. The van der Waals surface area contributed by atoms with Crippen molar-refractivity contribution in [3.63, 3.8) is 0 Å². The Labute approximate surface area is 347 Å². The minimum Gasteiger partial charge on any atom is -0.423 e. The fourth-order valence-electron chi connectivity index (χ4n) is 7.59. The molecule has 0 aromatic rings. The maximum absolute atomic E-state index is 14.3. The van der Waals surface area contributed by atoms with Crippen LogP contribution in [-0.4, -0.2) is 119 Å². The topological polar surface area (TPSA) is 274 Å². The van der Waals surface area contributed by atoms with Gasteiger partial charge in [0.05, 0.1) is 36.4 Å². The van der Waals surface area contributed by atoms with Gasteiger partial charge in [-0.25, -0.2) is 0 Å². The standard InChI is InChI=1S/C41H68N6O12/c1-21(2)16-30-37(53)47-35(22(3)4)38(54)44-26-12-14-32(49)28(19-26)39(55)59-41(8)40(56)46-29(13-15-33(42)50)36(52)43-25(7)31(48)11-9-10-23(5)17-27(18-24(6)58-41)57-20-34(51)45-30/h9-10,21-32,35,48-49H,11-20H2,1-8H3,(H2,42,50)(H,43,52)(H,44,54)(H,45,51)(H,46,56)(H,47,53)/b10-9+. The zero-order valence-corrected chi connectivity index (χ0v) is 35.8. The Morgan fingerprint density at radius 2 is 1.54 bits per heavy atom. The molecule has 0 aromatic carbocycles. The molecule has 12 atom stereocenters. The Hall–Kier alpha value is -4.13. The van der Waals surface area contributed by atoms with E-state index in [4.69, 9.17) is 19.9 Å². The van der Waals surface area contributed by atoms with Crippen molar-refractivity contribution >= 4 is 41.4 Å². The van der Waals surface area contributed by atoms with E-state index in [9.17, 15) is 43.8 Å². The highest BCUT2D eigenvalue weighted by Gasteiger charge is 2.46. The largest absolute Gasteiger partial charge is 0.423 e. The number of rotatable bonds is 6. The van der Waals surface area contributed by atoms with Crippen LogP contribution in [0.25, 0.3) is 0 Å². The van der Waals surface area contributed by atoms with Crippen molar-refractivity contribution in [1.29, 1.82) is 0 Å². The van der Waals surface area contributed by atoms with Gasteiger partial charge in [-0.2, -0.15) is 0 Å². The molecule has 334 valence electrons. The fraction of sp³-hybridized carbons (Fsp3) is 0.780. The normalized spacial score (nSPS) is 36.0. The third-order valence-electron chi connectivity index (χ3n) is 11.0. The molecule has 3 aliphatic rings. The highest BCUT2D eigenvalue weighted by Crippen LogP contribution is 2.30. The first-order chi connectivity index (χ1) is 27.6. The van der Waals surface area contributed by atoms with Crippen molar-refractivity contribution in [2.45, 2.75) is 174 Å².